The lowest BCUT2D eigenvalue weighted by atomic mass is 10.4. The maximum absolute atomic E-state index is 8.35. The molecule has 0 aromatic rings. The molecule has 8 heavy (non-hydrogen) atoms. The van der Waals surface area contributed by atoms with Gasteiger partial charge in [-0.1, -0.05) is 13.3 Å². The normalized spacial score (nSPS) is 6.25. The zero-order valence-corrected chi connectivity index (χ0v) is 4.98. The minimum Gasteiger partial charge on any atom is -0.396 e. The second kappa shape index (κ2) is 16.2. The minimum absolute atomic E-state index is 0.344. The van der Waals surface area contributed by atoms with Crippen LogP contribution in [-0.4, -0.2) is 17.8 Å². The van der Waals surface area contributed by atoms with Crippen molar-refractivity contribution in [2.75, 3.05) is 6.61 Å². The van der Waals surface area contributed by atoms with E-state index in [1.807, 2.05) is 0 Å². The van der Waals surface area contributed by atoms with E-state index in [-0.39, 0.29) is 0 Å². The third-order valence-electron chi connectivity index (χ3n) is 0.512. The van der Waals surface area contributed by atoms with Gasteiger partial charge < -0.3 is 5.11 Å². The van der Waals surface area contributed by atoms with Gasteiger partial charge >= 0.3 is 0 Å². The molecule has 0 radical (unpaired) electrons. The quantitative estimate of drug-likeness (QED) is 0.412. The molecule has 2 N–H and O–H groups in total. The molecule has 0 amide bonds. The molecule has 0 aromatic carbocycles. The highest BCUT2D eigenvalue weighted by atomic mass is 16.2. The summed E-state index contributed by atoms with van der Waals surface area (Å²) in [4.78, 5) is 8.35. The Balaban J connectivity index is 0. The highest BCUT2D eigenvalue weighted by Gasteiger charge is 1.69. The van der Waals surface area contributed by atoms with E-state index in [0.29, 0.717) is 6.61 Å². The molecule has 0 unspecified atom stereocenters. The van der Waals surface area contributed by atoms with E-state index < -0.39 is 0 Å². The lowest BCUT2D eigenvalue weighted by Crippen LogP contribution is -1.75. The van der Waals surface area contributed by atoms with Crippen molar-refractivity contribution in [3.63, 3.8) is 0 Å². The molecule has 0 aliphatic carbocycles. The third-order valence-corrected chi connectivity index (χ3v) is 0.512. The molecule has 0 heterocycles. The summed E-state index contributed by atoms with van der Waals surface area (Å²) in [5, 5.41) is 13.5. The summed E-state index contributed by atoms with van der Waals surface area (Å²) in [5.41, 5.74) is 0. The fourth-order valence-electron chi connectivity index (χ4n) is 0.158. The Morgan fingerprint density at radius 3 is 2.12 bits per heavy atom. The molecule has 48 valence electrons. The predicted octanol–water partition coefficient (Wildman–Crippen LogP) is 0.680. The fraction of sp³-hybridized carbons (Fsp3) is 0.800. The Kier molecular flexibility index (Phi) is 21.0. The summed E-state index contributed by atoms with van der Waals surface area (Å²) in [7, 11) is 0. The molecule has 3 nitrogen and oxygen atoms in total. The Bertz CT molecular complexity index is 55.4. The van der Waals surface area contributed by atoms with Gasteiger partial charge in [-0.2, -0.15) is 0 Å². The molecular weight excluding hydrogens is 106 g/mol. The van der Waals surface area contributed by atoms with Gasteiger partial charge in [-0.15, -0.1) is 0 Å². The zero-order valence-electron chi connectivity index (χ0n) is 4.98. The van der Waals surface area contributed by atoms with Crippen molar-refractivity contribution < 1.29 is 9.90 Å². The standard InChI is InChI=1S/C4H10O.CHNO/c1-2-3-4-5;2-1-3/h5H,2-4H2,1H3;2H. The summed E-state index contributed by atoms with van der Waals surface area (Å²) < 4.78 is 0. The van der Waals surface area contributed by atoms with Crippen LogP contribution in [0, 0.1) is 5.41 Å². The second-order valence-corrected chi connectivity index (χ2v) is 1.18. The van der Waals surface area contributed by atoms with Crippen LogP contribution in [0.2, 0.25) is 0 Å². The van der Waals surface area contributed by atoms with Crippen LogP contribution < -0.4 is 0 Å². The summed E-state index contributed by atoms with van der Waals surface area (Å²) in [5.74, 6) is 0. The number of hydrogen-bond donors (Lipinski definition) is 2. The van der Waals surface area contributed by atoms with Gasteiger partial charge in [-0.25, -0.2) is 10.2 Å². The van der Waals surface area contributed by atoms with E-state index in [0.717, 1.165) is 18.9 Å². The molecule has 0 bridgehead atoms. The number of hydrogen-bond acceptors (Lipinski definition) is 3. The molecule has 0 fully saturated rings. The Morgan fingerprint density at radius 1 is 1.75 bits per heavy atom. The van der Waals surface area contributed by atoms with E-state index in [1.165, 1.54) is 0 Å². The minimum atomic E-state index is 0.344. The number of rotatable bonds is 2. The Labute approximate surface area is 48.8 Å². The summed E-state index contributed by atoms with van der Waals surface area (Å²) in [6.45, 7) is 2.40. The van der Waals surface area contributed by atoms with Gasteiger partial charge in [-0.05, 0) is 6.42 Å². The SMILES string of the molecule is CCCCO.N=C=O. The van der Waals surface area contributed by atoms with E-state index in [4.69, 9.17) is 15.3 Å². The zero-order chi connectivity index (χ0) is 6.83. The number of aliphatic hydroxyl groups is 1. The number of unbranched alkanes of at least 4 members (excludes halogenated alkanes) is 1. The number of isocyanates is 1. The van der Waals surface area contributed by atoms with E-state index >= 15 is 0 Å². The average molecular weight is 117 g/mol. The number of carbonyl (C=O) groups excluding carboxylic acids is 1. The highest BCUT2D eigenvalue weighted by molar-refractivity contribution is 5.26. The van der Waals surface area contributed by atoms with Crippen molar-refractivity contribution in [2.45, 2.75) is 19.8 Å². The number of aliphatic hydroxyl groups excluding tert-OH is 1. The molecule has 0 aromatic heterocycles. The average Bonchev–Trinajstić information content (AvgIpc) is 1.71. The molecule has 0 spiro atoms. The smallest absolute Gasteiger partial charge is 0.231 e. The van der Waals surface area contributed by atoms with Crippen LogP contribution in [0.4, 0.5) is 0 Å². The van der Waals surface area contributed by atoms with E-state index in [1.54, 1.807) is 0 Å². The third kappa shape index (κ3) is 56.0. The monoisotopic (exact) mass is 117 g/mol. The van der Waals surface area contributed by atoms with Crippen molar-refractivity contribution in [3.05, 3.63) is 0 Å². The first kappa shape index (κ1) is 10.3. The molecular formula is C5H11NO2. The van der Waals surface area contributed by atoms with Crippen molar-refractivity contribution in [1.82, 2.24) is 0 Å². The van der Waals surface area contributed by atoms with Crippen molar-refractivity contribution in [3.8, 4) is 0 Å². The van der Waals surface area contributed by atoms with Gasteiger partial charge in [-0.3, -0.25) is 0 Å². The van der Waals surface area contributed by atoms with Gasteiger partial charge in [0, 0.05) is 6.61 Å². The van der Waals surface area contributed by atoms with Crippen molar-refractivity contribution >= 4 is 6.08 Å². The molecule has 3 heteroatoms. The van der Waals surface area contributed by atoms with Gasteiger partial charge in [0.05, 0.1) is 0 Å². The number of nitrogens with one attached hydrogen (secondary N) is 1. The molecule has 0 saturated carbocycles. The Morgan fingerprint density at radius 2 is 2.12 bits per heavy atom. The summed E-state index contributed by atoms with van der Waals surface area (Å²) >= 11 is 0. The van der Waals surface area contributed by atoms with Crippen LogP contribution in [-0.2, 0) is 4.79 Å². The van der Waals surface area contributed by atoms with Crippen LogP contribution >= 0.6 is 0 Å². The second-order valence-electron chi connectivity index (χ2n) is 1.18. The van der Waals surface area contributed by atoms with Crippen LogP contribution in [0.1, 0.15) is 19.8 Å². The van der Waals surface area contributed by atoms with Crippen molar-refractivity contribution in [2.24, 2.45) is 0 Å². The predicted molar refractivity (Wildman–Crippen MR) is 30.4 cm³/mol. The van der Waals surface area contributed by atoms with Crippen LogP contribution in [0.25, 0.3) is 0 Å². The first-order valence-electron chi connectivity index (χ1n) is 2.48. The maximum atomic E-state index is 8.35. The van der Waals surface area contributed by atoms with E-state index in [2.05, 4.69) is 6.92 Å². The largest absolute Gasteiger partial charge is 0.396 e. The van der Waals surface area contributed by atoms with Crippen LogP contribution in [0.15, 0.2) is 0 Å². The van der Waals surface area contributed by atoms with Gasteiger partial charge in [0.2, 0.25) is 6.08 Å². The van der Waals surface area contributed by atoms with Crippen molar-refractivity contribution in [1.29, 1.82) is 5.41 Å². The maximum Gasteiger partial charge on any atom is 0.231 e. The lowest BCUT2D eigenvalue weighted by molar-refractivity contribution is 0.287. The summed E-state index contributed by atoms with van der Waals surface area (Å²) in [6.07, 6.45) is 2.79. The van der Waals surface area contributed by atoms with Crippen LogP contribution in [0.3, 0.4) is 0 Å². The molecule has 0 rings (SSSR count). The first-order chi connectivity index (χ1) is 3.83. The van der Waals surface area contributed by atoms with Crippen LogP contribution in [0.5, 0.6) is 0 Å². The van der Waals surface area contributed by atoms with Gasteiger partial charge in [0.25, 0.3) is 0 Å². The first-order valence-corrected chi connectivity index (χ1v) is 2.48. The molecule has 0 aliphatic heterocycles. The fourth-order valence-corrected chi connectivity index (χ4v) is 0.158. The topological polar surface area (TPSA) is 61.1 Å². The van der Waals surface area contributed by atoms with E-state index in [9.17, 15) is 0 Å². The molecule has 0 aliphatic rings. The molecule has 0 saturated heterocycles. The Hall–Kier alpha value is -0.660. The van der Waals surface area contributed by atoms with Gasteiger partial charge in [0.1, 0.15) is 0 Å². The molecule has 0 atom stereocenters. The lowest BCUT2D eigenvalue weighted by Gasteiger charge is -1.79. The van der Waals surface area contributed by atoms with Gasteiger partial charge in [0.15, 0.2) is 0 Å². The summed E-state index contributed by atoms with van der Waals surface area (Å²) in [6, 6.07) is 0. The highest BCUT2D eigenvalue weighted by Crippen LogP contribution is 1.78.